The number of amides is 1. The van der Waals surface area contributed by atoms with E-state index in [1.54, 1.807) is 40.5 Å². The van der Waals surface area contributed by atoms with E-state index in [9.17, 15) is 14.7 Å². The summed E-state index contributed by atoms with van der Waals surface area (Å²) in [6.07, 6.45) is 0. The molecule has 0 fully saturated rings. The molecule has 0 aliphatic carbocycles. The number of aromatic nitrogens is 2. The van der Waals surface area contributed by atoms with E-state index in [1.807, 2.05) is 43.5 Å². The highest BCUT2D eigenvalue weighted by molar-refractivity contribution is 7.08. The number of carboxylic acid groups (broad SMARTS) is 1. The van der Waals surface area contributed by atoms with Gasteiger partial charge < -0.3 is 5.11 Å². The molecular weight excluding hydrogens is 422 g/mol. The Labute approximate surface area is 189 Å². The lowest BCUT2D eigenvalue weighted by atomic mass is 9.91. The number of benzene rings is 2. The van der Waals surface area contributed by atoms with Gasteiger partial charge in [-0.2, -0.15) is 16.4 Å². The molecule has 2 aromatic carbocycles. The molecule has 0 bridgehead atoms. The summed E-state index contributed by atoms with van der Waals surface area (Å²) in [6.45, 7) is 4.03. The van der Waals surface area contributed by atoms with E-state index in [4.69, 9.17) is 0 Å². The Morgan fingerprint density at radius 2 is 1.84 bits per heavy atom. The van der Waals surface area contributed by atoms with Gasteiger partial charge in [0, 0.05) is 11.3 Å². The van der Waals surface area contributed by atoms with Crippen molar-refractivity contribution in [3.8, 4) is 11.1 Å². The van der Waals surface area contributed by atoms with Gasteiger partial charge in [0.25, 0.3) is 5.91 Å². The molecule has 2 N–H and O–H groups in total. The molecule has 1 aliphatic heterocycles. The molecule has 4 aromatic rings. The van der Waals surface area contributed by atoms with Gasteiger partial charge in [0.15, 0.2) is 0 Å². The number of thiophene rings is 1. The van der Waals surface area contributed by atoms with Gasteiger partial charge in [-0.15, -0.1) is 0 Å². The quantitative estimate of drug-likeness (QED) is 0.414. The van der Waals surface area contributed by atoms with Crippen molar-refractivity contribution in [2.75, 3.05) is 4.90 Å². The summed E-state index contributed by atoms with van der Waals surface area (Å²) in [4.78, 5) is 27.2. The van der Waals surface area contributed by atoms with Crippen molar-refractivity contribution in [1.29, 1.82) is 0 Å². The third-order valence-electron chi connectivity index (χ3n) is 5.83. The van der Waals surface area contributed by atoms with Crippen LogP contribution in [0.2, 0.25) is 0 Å². The summed E-state index contributed by atoms with van der Waals surface area (Å²) in [5.74, 6) is -1.17. The van der Waals surface area contributed by atoms with Crippen LogP contribution in [-0.4, -0.2) is 27.2 Å². The minimum atomic E-state index is -1.02. The second kappa shape index (κ2) is 7.76. The Morgan fingerprint density at radius 1 is 1.09 bits per heavy atom. The Morgan fingerprint density at radius 3 is 2.50 bits per heavy atom. The predicted octanol–water partition coefficient (Wildman–Crippen LogP) is 5.71. The highest BCUT2D eigenvalue weighted by Crippen LogP contribution is 2.45. The standard InChI is InChI=1S/C25H21N3O3S/c1-14(2)21-20-22(27-26-21)24(29)28(23(20)18-5-3-4-6-19(18)25(30)31)17-9-7-15(8-10-17)16-11-12-32-13-16/h3-14,23H,1-2H3,(H,26,27)(H,30,31). The average Bonchev–Trinajstić information content (AvgIpc) is 3.52. The molecule has 0 spiro atoms. The van der Waals surface area contributed by atoms with Crippen molar-refractivity contribution >= 4 is 28.9 Å². The van der Waals surface area contributed by atoms with Crippen molar-refractivity contribution in [3.63, 3.8) is 0 Å². The molecule has 1 atom stereocenters. The van der Waals surface area contributed by atoms with Gasteiger partial charge in [-0.05, 0) is 57.6 Å². The molecule has 0 radical (unpaired) electrons. The SMILES string of the molecule is CC(C)c1n[nH]c2c1C(c1ccccc1C(=O)O)N(c1ccc(-c3ccsc3)cc1)C2=O. The number of anilines is 1. The molecule has 0 saturated carbocycles. The van der Waals surface area contributed by atoms with Crippen molar-refractivity contribution in [2.24, 2.45) is 0 Å². The number of hydrogen-bond acceptors (Lipinski definition) is 4. The van der Waals surface area contributed by atoms with Crippen molar-refractivity contribution in [2.45, 2.75) is 25.8 Å². The summed E-state index contributed by atoms with van der Waals surface area (Å²) >= 11 is 1.63. The minimum absolute atomic E-state index is 0.0724. The van der Waals surface area contributed by atoms with Gasteiger partial charge >= 0.3 is 5.97 Å². The summed E-state index contributed by atoms with van der Waals surface area (Å²) in [7, 11) is 0. The van der Waals surface area contributed by atoms with Crippen LogP contribution in [0, 0.1) is 0 Å². The third kappa shape index (κ3) is 3.13. The molecule has 7 heteroatoms. The van der Waals surface area contributed by atoms with Gasteiger partial charge in [-0.1, -0.05) is 44.2 Å². The second-order valence-electron chi connectivity index (χ2n) is 8.08. The maximum Gasteiger partial charge on any atom is 0.336 e. The van der Waals surface area contributed by atoms with Crippen LogP contribution in [0.3, 0.4) is 0 Å². The fourth-order valence-corrected chi connectivity index (χ4v) is 5.01. The number of H-pyrrole nitrogens is 1. The topological polar surface area (TPSA) is 86.3 Å². The number of fused-ring (bicyclic) bond motifs is 1. The van der Waals surface area contributed by atoms with E-state index in [0.29, 0.717) is 16.9 Å². The Hall–Kier alpha value is -3.71. The van der Waals surface area contributed by atoms with Crippen LogP contribution >= 0.6 is 11.3 Å². The minimum Gasteiger partial charge on any atom is -0.478 e. The zero-order valence-corrected chi connectivity index (χ0v) is 18.4. The van der Waals surface area contributed by atoms with Gasteiger partial charge in [-0.3, -0.25) is 14.8 Å². The smallest absolute Gasteiger partial charge is 0.336 e. The van der Waals surface area contributed by atoms with Crippen LogP contribution in [0.5, 0.6) is 0 Å². The Kier molecular flexibility index (Phi) is 4.90. The zero-order valence-electron chi connectivity index (χ0n) is 17.6. The molecule has 1 aliphatic rings. The summed E-state index contributed by atoms with van der Waals surface area (Å²) in [6, 6.07) is 16.1. The van der Waals surface area contributed by atoms with Crippen LogP contribution in [0.15, 0.2) is 65.4 Å². The molecule has 6 nitrogen and oxygen atoms in total. The summed E-state index contributed by atoms with van der Waals surface area (Å²) in [5, 5.41) is 21.3. The maximum atomic E-state index is 13.5. The molecular formula is C25H21N3O3S. The van der Waals surface area contributed by atoms with E-state index in [2.05, 4.69) is 21.6 Å². The molecule has 160 valence electrons. The first-order valence-corrected chi connectivity index (χ1v) is 11.3. The summed E-state index contributed by atoms with van der Waals surface area (Å²) in [5.41, 5.74) is 5.58. The normalized spacial score (nSPS) is 15.4. The van der Waals surface area contributed by atoms with Crippen LogP contribution in [0.4, 0.5) is 5.69 Å². The molecule has 32 heavy (non-hydrogen) atoms. The highest BCUT2D eigenvalue weighted by Gasteiger charge is 2.44. The lowest BCUT2D eigenvalue weighted by molar-refractivity contribution is 0.0694. The Bertz CT molecular complexity index is 1310. The maximum absolute atomic E-state index is 13.5. The molecule has 1 amide bonds. The second-order valence-corrected chi connectivity index (χ2v) is 8.86. The fourth-order valence-electron chi connectivity index (χ4n) is 4.35. The predicted molar refractivity (Wildman–Crippen MR) is 124 cm³/mol. The Balaban J connectivity index is 1.68. The third-order valence-corrected chi connectivity index (χ3v) is 6.51. The van der Waals surface area contributed by atoms with E-state index in [0.717, 1.165) is 22.4 Å². The van der Waals surface area contributed by atoms with E-state index in [1.165, 1.54) is 0 Å². The number of carboxylic acids is 1. The van der Waals surface area contributed by atoms with Crippen LogP contribution in [0.1, 0.15) is 63.5 Å². The van der Waals surface area contributed by atoms with Gasteiger partial charge in [0.1, 0.15) is 5.69 Å². The molecule has 3 heterocycles. The van der Waals surface area contributed by atoms with Crippen LogP contribution in [0.25, 0.3) is 11.1 Å². The van der Waals surface area contributed by atoms with E-state index >= 15 is 0 Å². The van der Waals surface area contributed by atoms with Crippen LogP contribution in [-0.2, 0) is 0 Å². The van der Waals surface area contributed by atoms with Crippen molar-refractivity contribution in [1.82, 2.24) is 10.2 Å². The number of nitrogens with one attached hydrogen (secondary N) is 1. The van der Waals surface area contributed by atoms with Gasteiger partial charge in [0.05, 0.1) is 17.3 Å². The average molecular weight is 444 g/mol. The largest absolute Gasteiger partial charge is 0.478 e. The van der Waals surface area contributed by atoms with Crippen molar-refractivity contribution < 1.29 is 14.7 Å². The number of hydrogen-bond donors (Lipinski definition) is 2. The number of nitrogens with zero attached hydrogens (tertiary/aromatic N) is 2. The highest BCUT2D eigenvalue weighted by atomic mass is 32.1. The fraction of sp³-hybridized carbons (Fsp3) is 0.160. The van der Waals surface area contributed by atoms with E-state index < -0.39 is 12.0 Å². The lowest BCUT2D eigenvalue weighted by Crippen LogP contribution is -2.30. The summed E-state index contributed by atoms with van der Waals surface area (Å²) < 4.78 is 0. The monoisotopic (exact) mass is 443 g/mol. The van der Waals surface area contributed by atoms with Gasteiger partial charge in [-0.25, -0.2) is 4.79 Å². The number of carbonyl (C=O) groups excluding carboxylic acids is 1. The number of aromatic carboxylic acids is 1. The van der Waals surface area contributed by atoms with Crippen LogP contribution < -0.4 is 4.90 Å². The first-order chi connectivity index (χ1) is 15.5. The number of carbonyl (C=O) groups is 2. The molecule has 1 unspecified atom stereocenters. The first kappa shape index (κ1) is 20.2. The van der Waals surface area contributed by atoms with E-state index in [-0.39, 0.29) is 17.4 Å². The molecule has 5 rings (SSSR count). The number of aromatic amines is 1. The van der Waals surface area contributed by atoms with Gasteiger partial charge in [0.2, 0.25) is 0 Å². The first-order valence-electron chi connectivity index (χ1n) is 10.3. The number of rotatable bonds is 5. The van der Waals surface area contributed by atoms with Crippen molar-refractivity contribution in [3.05, 3.63) is 93.4 Å². The lowest BCUT2D eigenvalue weighted by Gasteiger charge is -2.28. The zero-order chi connectivity index (χ0) is 22.4. The molecule has 0 saturated heterocycles. The molecule has 2 aromatic heterocycles.